The normalized spacial score (nSPS) is 16.1. The second-order valence-corrected chi connectivity index (χ2v) is 5.46. The van der Waals surface area contributed by atoms with Crippen LogP contribution in [0, 0.1) is 5.92 Å². The quantitative estimate of drug-likeness (QED) is 0.787. The predicted octanol–water partition coefficient (Wildman–Crippen LogP) is 2.01. The molecule has 0 saturated heterocycles. The molecule has 0 aliphatic heterocycles. The number of nitrogens with zero attached hydrogens (tertiary/aromatic N) is 2. The topological polar surface area (TPSA) is 41.3 Å². The Balaban J connectivity index is 1.76. The van der Waals surface area contributed by atoms with Gasteiger partial charge >= 0.3 is 0 Å². The highest BCUT2D eigenvalue weighted by Gasteiger charge is 2.23. The molecule has 96 valence electrons. The molecular formula is C13H23N3O. The largest absolute Gasteiger partial charge is 0.360 e. The van der Waals surface area contributed by atoms with Gasteiger partial charge in [-0.25, -0.2) is 0 Å². The molecule has 1 aliphatic carbocycles. The number of rotatable bonds is 7. The van der Waals surface area contributed by atoms with Crippen molar-refractivity contribution in [3.63, 3.8) is 0 Å². The fraction of sp³-hybridized carbons (Fsp3) is 0.769. The van der Waals surface area contributed by atoms with Crippen LogP contribution in [-0.2, 0) is 13.1 Å². The lowest BCUT2D eigenvalue weighted by Gasteiger charge is -2.13. The van der Waals surface area contributed by atoms with E-state index in [-0.39, 0.29) is 0 Å². The maximum atomic E-state index is 5.34. The van der Waals surface area contributed by atoms with E-state index in [1.165, 1.54) is 19.4 Å². The highest BCUT2D eigenvalue weighted by atomic mass is 16.5. The van der Waals surface area contributed by atoms with Crippen molar-refractivity contribution in [1.82, 2.24) is 15.4 Å². The van der Waals surface area contributed by atoms with Crippen LogP contribution < -0.4 is 5.32 Å². The summed E-state index contributed by atoms with van der Waals surface area (Å²) in [5.41, 5.74) is 0.994. The SMILES string of the molecule is CC(C)NCc1cc(CN(C)CC2CC2)on1. The van der Waals surface area contributed by atoms with E-state index in [0.717, 1.165) is 30.5 Å². The van der Waals surface area contributed by atoms with E-state index in [0.29, 0.717) is 6.04 Å². The van der Waals surface area contributed by atoms with Gasteiger partial charge in [0.1, 0.15) is 0 Å². The molecule has 0 amide bonds. The van der Waals surface area contributed by atoms with Gasteiger partial charge in [-0.15, -0.1) is 0 Å². The van der Waals surface area contributed by atoms with E-state index in [1.54, 1.807) is 0 Å². The van der Waals surface area contributed by atoms with Crippen LogP contribution in [0.4, 0.5) is 0 Å². The van der Waals surface area contributed by atoms with Crippen molar-refractivity contribution in [2.24, 2.45) is 5.92 Å². The number of hydrogen-bond donors (Lipinski definition) is 1. The minimum atomic E-state index is 0.479. The van der Waals surface area contributed by atoms with Crippen LogP contribution >= 0.6 is 0 Å². The van der Waals surface area contributed by atoms with Crippen LogP contribution in [0.2, 0.25) is 0 Å². The smallest absolute Gasteiger partial charge is 0.151 e. The minimum absolute atomic E-state index is 0.479. The van der Waals surface area contributed by atoms with E-state index < -0.39 is 0 Å². The van der Waals surface area contributed by atoms with Gasteiger partial charge in [0.15, 0.2) is 5.76 Å². The van der Waals surface area contributed by atoms with Crippen molar-refractivity contribution in [2.45, 2.75) is 45.8 Å². The molecule has 0 aromatic carbocycles. The summed E-state index contributed by atoms with van der Waals surface area (Å²) in [6.07, 6.45) is 2.79. The van der Waals surface area contributed by atoms with Crippen LogP contribution in [0.3, 0.4) is 0 Å². The van der Waals surface area contributed by atoms with Crippen molar-refractivity contribution in [3.05, 3.63) is 17.5 Å². The summed E-state index contributed by atoms with van der Waals surface area (Å²) >= 11 is 0. The number of hydrogen-bond acceptors (Lipinski definition) is 4. The lowest BCUT2D eigenvalue weighted by molar-refractivity contribution is 0.263. The van der Waals surface area contributed by atoms with Crippen molar-refractivity contribution in [3.8, 4) is 0 Å². The molecule has 1 heterocycles. The van der Waals surface area contributed by atoms with E-state index in [4.69, 9.17) is 4.52 Å². The lowest BCUT2D eigenvalue weighted by atomic mass is 10.3. The molecule has 0 atom stereocenters. The van der Waals surface area contributed by atoms with Gasteiger partial charge in [0.05, 0.1) is 12.2 Å². The van der Waals surface area contributed by atoms with Crippen LogP contribution in [0.1, 0.15) is 38.1 Å². The monoisotopic (exact) mass is 237 g/mol. The van der Waals surface area contributed by atoms with Crippen LogP contribution in [-0.4, -0.2) is 29.7 Å². The maximum Gasteiger partial charge on any atom is 0.151 e. The van der Waals surface area contributed by atoms with Gasteiger partial charge in [-0.3, -0.25) is 4.90 Å². The standard InChI is InChI=1S/C13H23N3O/c1-10(2)14-7-12-6-13(17-15-12)9-16(3)8-11-4-5-11/h6,10-11,14H,4-5,7-9H2,1-3H3. The first-order valence-electron chi connectivity index (χ1n) is 6.50. The fourth-order valence-corrected chi connectivity index (χ4v) is 1.89. The molecule has 0 spiro atoms. The van der Waals surface area contributed by atoms with Gasteiger partial charge in [-0.1, -0.05) is 19.0 Å². The molecule has 0 radical (unpaired) electrons. The third kappa shape index (κ3) is 4.48. The molecule has 4 heteroatoms. The summed E-state index contributed by atoms with van der Waals surface area (Å²) in [4.78, 5) is 2.32. The Labute approximate surface area is 103 Å². The Kier molecular flexibility index (Phi) is 4.18. The molecule has 2 rings (SSSR count). The highest BCUT2D eigenvalue weighted by molar-refractivity contribution is 5.05. The van der Waals surface area contributed by atoms with Gasteiger partial charge in [0, 0.05) is 25.2 Å². The second kappa shape index (κ2) is 5.65. The molecule has 1 aliphatic rings. The summed E-state index contributed by atoms with van der Waals surface area (Å²) in [5, 5.41) is 7.41. The van der Waals surface area contributed by atoms with Crippen LogP contribution in [0.15, 0.2) is 10.6 Å². The Hall–Kier alpha value is -0.870. The zero-order chi connectivity index (χ0) is 12.3. The number of nitrogens with one attached hydrogen (secondary N) is 1. The Morgan fingerprint density at radius 1 is 1.53 bits per heavy atom. The summed E-state index contributed by atoms with van der Waals surface area (Å²) in [6, 6.07) is 2.53. The first kappa shape index (κ1) is 12.6. The lowest BCUT2D eigenvalue weighted by Crippen LogP contribution is -2.22. The van der Waals surface area contributed by atoms with Crippen molar-refractivity contribution < 1.29 is 4.52 Å². The predicted molar refractivity (Wildman–Crippen MR) is 67.5 cm³/mol. The second-order valence-electron chi connectivity index (χ2n) is 5.46. The average Bonchev–Trinajstić information content (AvgIpc) is 2.94. The molecule has 1 aromatic heterocycles. The molecule has 1 aromatic rings. The molecule has 1 saturated carbocycles. The molecule has 0 bridgehead atoms. The zero-order valence-corrected chi connectivity index (χ0v) is 11.1. The van der Waals surface area contributed by atoms with Gasteiger partial charge in [0.25, 0.3) is 0 Å². The van der Waals surface area contributed by atoms with Gasteiger partial charge in [-0.2, -0.15) is 0 Å². The first-order chi connectivity index (χ1) is 8.13. The number of aromatic nitrogens is 1. The van der Waals surface area contributed by atoms with Crippen LogP contribution in [0.25, 0.3) is 0 Å². The Morgan fingerprint density at radius 2 is 2.29 bits per heavy atom. The molecule has 0 unspecified atom stereocenters. The molecule has 1 fully saturated rings. The van der Waals surface area contributed by atoms with Crippen molar-refractivity contribution in [1.29, 1.82) is 0 Å². The Bertz CT molecular complexity index is 344. The molecule has 17 heavy (non-hydrogen) atoms. The Morgan fingerprint density at radius 3 is 2.94 bits per heavy atom. The van der Waals surface area contributed by atoms with Gasteiger partial charge < -0.3 is 9.84 Å². The summed E-state index contributed by atoms with van der Waals surface area (Å²) in [7, 11) is 2.15. The third-order valence-corrected chi connectivity index (χ3v) is 2.99. The van der Waals surface area contributed by atoms with E-state index in [9.17, 15) is 0 Å². The molecular weight excluding hydrogens is 214 g/mol. The molecule has 1 N–H and O–H groups in total. The van der Waals surface area contributed by atoms with Crippen LogP contribution in [0.5, 0.6) is 0 Å². The first-order valence-corrected chi connectivity index (χ1v) is 6.50. The van der Waals surface area contributed by atoms with E-state index in [2.05, 4.69) is 42.3 Å². The van der Waals surface area contributed by atoms with Gasteiger partial charge in [0.2, 0.25) is 0 Å². The summed E-state index contributed by atoms with van der Waals surface area (Å²) in [6.45, 7) is 7.09. The summed E-state index contributed by atoms with van der Waals surface area (Å²) in [5.74, 6) is 1.89. The van der Waals surface area contributed by atoms with E-state index >= 15 is 0 Å². The van der Waals surface area contributed by atoms with Gasteiger partial charge in [-0.05, 0) is 25.8 Å². The third-order valence-electron chi connectivity index (χ3n) is 2.99. The fourth-order valence-electron chi connectivity index (χ4n) is 1.89. The van der Waals surface area contributed by atoms with E-state index in [1.807, 2.05) is 0 Å². The molecule has 4 nitrogen and oxygen atoms in total. The zero-order valence-electron chi connectivity index (χ0n) is 11.1. The maximum absolute atomic E-state index is 5.34. The summed E-state index contributed by atoms with van der Waals surface area (Å²) < 4.78 is 5.34. The van der Waals surface area contributed by atoms with Crippen molar-refractivity contribution >= 4 is 0 Å². The minimum Gasteiger partial charge on any atom is -0.360 e. The highest BCUT2D eigenvalue weighted by Crippen LogP contribution is 2.29. The average molecular weight is 237 g/mol. The van der Waals surface area contributed by atoms with Crippen molar-refractivity contribution in [2.75, 3.05) is 13.6 Å².